The van der Waals surface area contributed by atoms with Crippen LogP contribution in [0.1, 0.15) is 41.1 Å². The predicted molar refractivity (Wildman–Crippen MR) is 86.7 cm³/mol. The van der Waals surface area contributed by atoms with Crippen LogP contribution in [-0.4, -0.2) is 17.0 Å². The standard InChI is InChI=1S/C17H17ClFNO4/c1-9-8-24-12(7-13(21)22)14(9)16(23)20-17(2,3)10-5-4-6-11(18)15(10)19/h4-6,8H,7H2,1-3H3,(H,20,23)(H,21,22). The summed E-state index contributed by atoms with van der Waals surface area (Å²) in [6.07, 6.45) is 0.905. The summed E-state index contributed by atoms with van der Waals surface area (Å²) in [4.78, 5) is 23.5. The fourth-order valence-corrected chi connectivity index (χ4v) is 2.65. The number of carbonyl (C=O) groups is 2. The maximum atomic E-state index is 14.2. The van der Waals surface area contributed by atoms with E-state index >= 15 is 0 Å². The smallest absolute Gasteiger partial charge is 0.311 e. The van der Waals surface area contributed by atoms with Gasteiger partial charge in [0.1, 0.15) is 18.0 Å². The van der Waals surface area contributed by atoms with E-state index in [4.69, 9.17) is 21.1 Å². The van der Waals surface area contributed by atoms with Crippen LogP contribution in [-0.2, 0) is 16.8 Å². The van der Waals surface area contributed by atoms with Gasteiger partial charge in [0.15, 0.2) is 0 Å². The lowest BCUT2D eigenvalue weighted by Gasteiger charge is -2.27. The largest absolute Gasteiger partial charge is 0.481 e. The Hall–Kier alpha value is -2.34. The van der Waals surface area contributed by atoms with Crippen molar-refractivity contribution in [2.45, 2.75) is 32.7 Å². The molecule has 7 heteroatoms. The first-order valence-electron chi connectivity index (χ1n) is 7.19. The van der Waals surface area contributed by atoms with Gasteiger partial charge in [0.25, 0.3) is 5.91 Å². The molecule has 128 valence electrons. The van der Waals surface area contributed by atoms with Crippen molar-refractivity contribution in [2.75, 3.05) is 0 Å². The van der Waals surface area contributed by atoms with Crippen LogP contribution in [0.2, 0.25) is 5.02 Å². The highest BCUT2D eigenvalue weighted by Crippen LogP contribution is 2.28. The van der Waals surface area contributed by atoms with Gasteiger partial charge in [0.2, 0.25) is 0 Å². The first-order valence-corrected chi connectivity index (χ1v) is 7.57. The van der Waals surface area contributed by atoms with E-state index in [-0.39, 0.29) is 21.9 Å². The molecule has 5 nitrogen and oxygen atoms in total. The topological polar surface area (TPSA) is 79.5 Å². The van der Waals surface area contributed by atoms with Crippen LogP contribution in [0.4, 0.5) is 4.39 Å². The minimum Gasteiger partial charge on any atom is -0.481 e. The predicted octanol–water partition coefficient (Wildman–Crippen LogP) is 3.67. The van der Waals surface area contributed by atoms with E-state index in [0.717, 1.165) is 0 Å². The third-order valence-corrected chi connectivity index (χ3v) is 3.93. The number of benzene rings is 1. The fraction of sp³-hybridized carbons (Fsp3) is 0.294. The first-order chi connectivity index (χ1) is 11.1. The van der Waals surface area contributed by atoms with E-state index < -0.39 is 29.7 Å². The maximum Gasteiger partial charge on any atom is 0.311 e. The Kier molecular flexibility index (Phi) is 4.99. The fourth-order valence-electron chi connectivity index (χ4n) is 2.47. The molecule has 0 bridgehead atoms. The summed E-state index contributed by atoms with van der Waals surface area (Å²) in [5.41, 5.74) is -0.181. The average Bonchev–Trinajstić information content (AvgIpc) is 2.81. The van der Waals surface area contributed by atoms with Gasteiger partial charge in [-0.2, -0.15) is 0 Å². The van der Waals surface area contributed by atoms with Gasteiger partial charge in [-0.05, 0) is 26.8 Å². The Labute approximate surface area is 143 Å². The van der Waals surface area contributed by atoms with Gasteiger partial charge >= 0.3 is 5.97 Å². The summed E-state index contributed by atoms with van der Waals surface area (Å²) >= 11 is 5.80. The minimum absolute atomic E-state index is 0.0409. The molecule has 0 spiro atoms. The van der Waals surface area contributed by atoms with E-state index in [9.17, 15) is 14.0 Å². The van der Waals surface area contributed by atoms with E-state index in [1.54, 1.807) is 26.8 Å². The molecule has 0 radical (unpaired) electrons. The van der Waals surface area contributed by atoms with Crippen molar-refractivity contribution in [1.29, 1.82) is 0 Å². The zero-order valence-corrected chi connectivity index (χ0v) is 14.2. The molecule has 0 saturated heterocycles. The summed E-state index contributed by atoms with van der Waals surface area (Å²) in [5.74, 6) is -2.21. The van der Waals surface area contributed by atoms with E-state index in [1.807, 2.05) is 0 Å². The highest BCUT2D eigenvalue weighted by molar-refractivity contribution is 6.30. The van der Waals surface area contributed by atoms with Gasteiger partial charge in [0, 0.05) is 11.1 Å². The number of carbonyl (C=O) groups excluding carboxylic acids is 1. The number of furan rings is 1. The summed E-state index contributed by atoms with van der Waals surface area (Å²) in [5, 5.41) is 11.6. The first kappa shape index (κ1) is 18.0. The van der Waals surface area contributed by atoms with Crippen LogP contribution in [0, 0.1) is 12.7 Å². The molecular formula is C17H17ClFNO4. The zero-order valence-electron chi connectivity index (χ0n) is 13.4. The Morgan fingerprint density at radius 2 is 2.04 bits per heavy atom. The number of carboxylic acids is 1. The van der Waals surface area contributed by atoms with Crippen LogP contribution >= 0.6 is 11.6 Å². The van der Waals surface area contributed by atoms with Crippen LogP contribution < -0.4 is 5.32 Å². The van der Waals surface area contributed by atoms with Crippen molar-refractivity contribution in [3.8, 4) is 0 Å². The molecular weight excluding hydrogens is 337 g/mol. The molecule has 0 saturated carbocycles. The number of rotatable bonds is 5. The molecule has 24 heavy (non-hydrogen) atoms. The zero-order chi connectivity index (χ0) is 18.1. The van der Waals surface area contributed by atoms with Crippen molar-refractivity contribution >= 4 is 23.5 Å². The lowest BCUT2D eigenvalue weighted by atomic mass is 9.93. The summed E-state index contributed by atoms with van der Waals surface area (Å²) in [7, 11) is 0. The van der Waals surface area contributed by atoms with Crippen molar-refractivity contribution in [1.82, 2.24) is 5.32 Å². The normalized spacial score (nSPS) is 11.4. The molecule has 1 aromatic carbocycles. The molecule has 0 aliphatic rings. The average molecular weight is 354 g/mol. The highest BCUT2D eigenvalue weighted by atomic mass is 35.5. The van der Waals surface area contributed by atoms with Gasteiger partial charge < -0.3 is 14.8 Å². The van der Waals surface area contributed by atoms with E-state index in [0.29, 0.717) is 5.56 Å². The van der Waals surface area contributed by atoms with Crippen LogP contribution in [0.5, 0.6) is 0 Å². The van der Waals surface area contributed by atoms with E-state index in [2.05, 4.69) is 5.32 Å². The molecule has 2 rings (SSSR count). The second kappa shape index (κ2) is 6.65. The number of aliphatic carboxylic acids is 1. The number of hydrogen-bond acceptors (Lipinski definition) is 3. The number of carboxylic acid groups (broad SMARTS) is 1. The van der Waals surface area contributed by atoms with Gasteiger partial charge in [-0.25, -0.2) is 4.39 Å². The quantitative estimate of drug-likeness (QED) is 0.859. The summed E-state index contributed by atoms with van der Waals surface area (Å²) < 4.78 is 19.4. The van der Waals surface area contributed by atoms with E-state index in [1.165, 1.54) is 18.4 Å². The number of nitrogens with one attached hydrogen (secondary N) is 1. The van der Waals surface area contributed by atoms with Gasteiger partial charge in [-0.1, -0.05) is 23.7 Å². The Bertz CT molecular complexity index is 798. The Morgan fingerprint density at radius 1 is 1.38 bits per heavy atom. The van der Waals surface area contributed by atoms with Gasteiger partial charge in [-0.15, -0.1) is 0 Å². The van der Waals surface area contributed by atoms with Crippen LogP contribution in [0.25, 0.3) is 0 Å². The van der Waals surface area contributed by atoms with Crippen LogP contribution in [0.15, 0.2) is 28.9 Å². The lowest BCUT2D eigenvalue weighted by Crippen LogP contribution is -2.42. The van der Waals surface area contributed by atoms with Crippen LogP contribution in [0.3, 0.4) is 0 Å². The molecule has 2 N–H and O–H groups in total. The van der Waals surface area contributed by atoms with Gasteiger partial charge in [-0.3, -0.25) is 9.59 Å². The molecule has 1 aromatic heterocycles. The highest BCUT2D eigenvalue weighted by Gasteiger charge is 2.30. The second-order valence-electron chi connectivity index (χ2n) is 5.97. The van der Waals surface area contributed by atoms with Crippen molar-refractivity contribution in [3.05, 3.63) is 57.8 Å². The van der Waals surface area contributed by atoms with Crippen molar-refractivity contribution in [2.24, 2.45) is 0 Å². The Morgan fingerprint density at radius 3 is 2.67 bits per heavy atom. The SMILES string of the molecule is Cc1coc(CC(=O)O)c1C(=O)NC(C)(C)c1cccc(Cl)c1F. The second-order valence-corrected chi connectivity index (χ2v) is 6.38. The number of amides is 1. The van der Waals surface area contributed by atoms with Gasteiger partial charge in [0.05, 0.1) is 22.4 Å². The molecule has 0 fully saturated rings. The third-order valence-electron chi connectivity index (χ3n) is 3.64. The summed E-state index contributed by atoms with van der Waals surface area (Å²) in [6, 6.07) is 4.54. The molecule has 0 aliphatic heterocycles. The number of halogens is 2. The minimum atomic E-state index is -1.11. The monoisotopic (exact) mass is 353 g/mol. The maximum absolute atomic E-state index is 14.2. The van der Waals surface area contributed by atoms with Crippen molar-refractivity contribution in [3.63, 3.8) is 0 Å². The molecule has 1 amide bonds. The van der Waals surface area contributed by atoms with Crippen molar-refractivity contribution < 1.29 is 23.5 Å². The number of hydrogen-bond donors (Lipinski definition) is 2. The lowest BCUT2D eigenvalue weighted by molar-refractivity contribution is -0.136. The Balaban J connectivity index is 2.33. The third kappa shape index (κ3) is 3.59. The molecule has 0 unspecified atom stereocenters. The molecule has 1 heterocycles. The number of aryl methyl sites for hydroxylation is 1. The molecule has 0 atom stereocenters. The summed E-state index contributed by atoms with van der Waals surface area (Å²) in [6.45, 7) is 4.90. The molecule has 2 aromatic rings. The molecule has 0 aliphatic carbocycles.